The third kappa shape index (κ3) is 3.86. The van der Waals surface area contributed by atoms with Gasteiger partial charge in [-0.2, -0.15) is 14.4 Å². The minimum absolute atomic E-state index is 0.0383. The lowest BCUT2D eigenvalue weighted by Crippen LogP contribution is -2.16. The lowest BCUT2D eigenvalue weighted by Gasteiger charge is -2.20. The maximum atomic E-state index is 13.9. The number of nitrogens with zero attached hydrogens (tertiary/aromatic N) is 4. The monoisotopic (exact) mass is 511 g/mol. The highest BCUT2D eigenvalue weighted by Crippen LogP contribution is 2.38. The van der Waals surface area contributed by atoms with E-state index >= 15 is 0 Å². The van der Waals surface area contributed by atoms with Gasteiger partial charge in [-0.3, -0.25) is 0 Å². The first-order valence-corrected chi connectivity index (χ1v) is 10.1. The molecule has 0 fully saturated rings. The Bertz CT molecular complexity index is 1090. The molecule has 8 nitrogen and oxygen atoms in total. The van der Waals surface area contributed by atoms with Crippen LogP contribution in [-0.2, 0) is 16.0 Å². The molecular weight excluding hydrogens is 492 g/mol. The Morgan fingerprint density at radius 1 is 1.31 bits per heavy atom. The van der Waals surface area contributed by atoms with E-state index in [2.05, 4.69) is 37.5 Å². The average Bonchev–Trinajstić information content (AvgIpc) is 3.31. The molecule has 0 amide bonds. The van der Waals surface area contributed by atoms with Crippen molar-refractivity contribution in [3.8, 4) is 0 Å². The van der Waals surface area contributed by atoms with Crippen molar-refractivity contribution in [2.24, 2.45) is 0 Å². The molecule has 0 bridgehead atoms. The summed E-state index contributed by atoms with van der Waals surface area (Å²) in [5.74, 6) is 0.683. The maximum Gasteiger partial charge on any atom is 0.312 e. The number of hydrogen-bond donors (Lipinski definition) is 2. The number of nitrogens with two attached hydrogens (primary N) is 1. The molecule has 0 saturated carbocycles. The number of anilines is 1. The normalized spacial score (nSPS) is 15.7. The van der Waals surface area contributed by atoms with Gasteiger partial charge in [0, 0.05) is 10.1 Å². The molecule has 2 unspecified atom stereocenters. The summed E-state index contributed by atoms with van der Waals surface area (Å²) in [4.78, 5) is 12.2. The summed E-state index contributed by atoms with van der Waals surface area (Å²) in [5, 5.41) is 9.81. The third-order valence-electron chi connectivity index (χ3n) is 4.65. The summed E-state index contributed by atoms with van der Waals surface area (Å²) in [6.45, 7) is 2.17. The number of allylic oxidation sites excluding steroid dienone is 1. The minimum Gasteiger partial charge on any atom is -0.462 e. The number of ether oxygens (including phenoxy) is 2. The standard InChI is InChI=1S/C19H19FIN5O3/c1-10(27)6-7-26-17(23-15-16(22)24-19(20)25-18(15)26)14(13-8-28-9-29-13)11-4-2-3-5-12(11)21/h2-5,8,10,14,27H,6-7,9H2,1H3,(H2,22,24,25). The number of aromatic nitrogens is 4. The second-order valence-electron chi connectivity index (χ2n) is 6.71. The molecule has 0 spiro atoms. The van der Waals surface area contributed by atoms with Crippen LogP contribution in [0.5, 0.6) is 0 Å². The number of aliphatic hydroxyl groups is 1. The number of fused-ring (bicyclic) bond motifs is 1. The molecule has 2 atom stereocenters. The van der Waals surface area contributed by atoms with Gasteiger partial charge >= 0.3 is 6.08 Å². The first-order chi connectivity index (χ1) is 14.0. The second kappa shape index (κ2) is 8.11. The topological polar surface area (TPSA) is 108 Å². The Morgan fingerprint density at radius 3 is 2.79 bits per heavy atom. The van der Waals surface area contributed by atoms with E-state index in [0.717, 1.165) is 9.13 Å². The molecular formula is C19H19FIN5O3. The highest BCUT2D eigenvalue weighted by Gasteiger charge is 2.32. The molecule has 1 aromatic carbocycles. The molecule has 4 rings (SSSR count). The number of nitrogen functional groups attached to an aromatic ring is 1. The van der Waals surface area contributed by atoms with E-state index in [-0.39, 0.29) is 18.3 Å². The van der Waals surface area contributed by atoms with Gasteiger partial charge in [-0.15, -0.1) is 0 Å². The Balaban J connectivity index is 1.96. The molecule has 3 aromatic rings. The van der Waals surface area contributed by atoms with Gasteiger partial charge in [-0.1, -0.05) is 18.2 Å². The lowest BCUT2D eigenvalue weighted by atomic mass is 9.96. The van der Waals surface area contributed by atoms with E-state index in [0.29, 0.717) is 30.1 Å². The van der Waals surface area contributed by atoms with Crippen LogP contribution in [0.25, 0.3) is 11.2 Å². The van der Waals surface area contributed by atoms with Crippen LogP contribution < -0.4 is 5.73 Å². The molecule has 2 aromatic heterocycles. The summed E-state index contributed by atoms with van der Waals surface area (Å²) in [6.07, 6.45) is 0.510. The molecule has 0 saturated heterocycles. The van der Waals surface area contributed by atoms with Crippen LogP contribution in [0, 0.1) is 9.65 Å². The molecule has 29 heavy (non-hydrogen) atoms. The van der Waals surface area contributed by atoms with Gasteiger partial charge in [0.05, 0.1) is 6.10 Å². The largest absolute Gasteiger partial charge is 0.462 e. The summed E-state index contributed by atoms with van der Waals surface area (Å²) < 4.78 is 27.7. The average molecular weight is 511 g/mol. The van der Waals surface area contributed by atoms with Gasteiger partial charge in [0.2, 0.25) is 6.79 Å². The number of rotatable bonds is 6. The molecule has 3 N–H and O–H groups in total. The predicted octanol–water partition coefficient (Wildman–Crippen LogP) is 2.90. The van der Waals surface area contributed by atoms with E-state index in [4.69, 9.17) is 15.2 Å². The van der Waals surface area contributed by atoms with Gasteiger partial charge in [0.15, 0.2) is 17.0 Å². The lowest BCUT2D eigenvalue weighted by molar-refractivity contribution is 0.0764. The van der Waals surface area contributed by atoms with E-state index in [9.17, 15) is 9.50 Å². The Kier molecular flexibility index (Phi) is 5.54. The van der Waals surface area contributed by atoms with Crippen molar-refractivity contribution in [3.63, 3.8) is 0 Å². The SMILES string of the molecule is CC(O)CCn1c(C(C2=COCO2)c2ccccc2I)nc2c(N)nc(F)nc21. The number of aliphatic hydroxyl groups excluding tert-OH is 1. The third-order valence-corrected chi connectivity index (χ3v) is 5.63. The summed E-state index contributed by atoms with van der Waals surface area (Å²) >= 11 is 2.25. The van der Waals surface area contributed by atoms with Gasteiger partial charge in [0.25, 0.3) is 0 Å². The van der Waals surface area contributed by atoms with E-state index in [1.807, 2.05) is 24.3 Å². The van der Waals surface area contributed by atoms with E-state index < -0.39 is 18.1 Å². The number of hydrogen-bond acceptors (Lipinski definition) is 7. The van der Waals surface area contributed by atoms with Gasteiger partial charge < -0.3 is 24.9 Å². The number of aryl methyl sites for hydroxylation is 1. The van der Waals surface area contributed by atoms with Crippen molar-refractivity contribution in [2.75, 3.05) is 12.5 Å². The Hall–Kier alpha value is -2.47. The van der Waals surface area contributed by atoms with Crippen molar-refractivity contribution in [2.45, 2.75) is 31.9 Å². The van der Waals surface area contributed by atoms with E-state index in [1.54, 1.807) is 17.8 Å². The fourth-order valence-corrected chi connectivity index (χ4v) is 4.00. The van der Waals surface area contributed by atoms with Crippen molar-refractivity contribution in [1.29, 1.82) is 0 Å². The number of imidazole rings is 1. The van der Waals surface area contributed by atoms with Crippen LogP contribution in [0.1, 0.15) is 30.7 Å². The molecule has 0 radical (unpaired) electrons. The maximum absolute atomic E-state index is 13.9. The zero-order chi connectivity index (χ0) is 20.5. The fraction of sp³-hybridized carbons (Fsp3) is 0.316. The second-order valence-corrected chi connectivity index (χ2v) is 7.88. The Morgan fingerprint density at radius 2 is 2.10 bits per heavy atom. The van der Waals surface area contributed by atoms with Crippen LogP contribution >= 0.6 is 22.6 Å². The minimum atomic E-state index is -0.926. The van der Waals surface area contributed by atoms with Crippen LogP contribution in [-0.4, -0.2) is 37.5 Å². The number of benzene rings is 1. The van der Waals surface area contributed by atoms with Crippen molar-refractivity contribution in [1.82, 2.24) is 19.5 Å². The molecule has 10 heteroatoms. The molecule has 1 aliphatic heterocycles. The highest BCUT2D eigenvalue weighted by atomic mass is 127. The van der Waals surface area contributed by atoms with Crippen molar-refractivity contribution < 1.29 is 19.0 Å². The first-order valence-electron chi connectivity index (χ1n) is 9.01. The van der Waals surface area contributed by atoms with Crippen molar-refractivity contribution in [3.05, 3.63) is 57.3 Å². The predicted molar refractivity (Wildman–Crippen MR) is 112 cm³/mol. The van der Waals surface area contributed by atoms with Gasteiger partial charge in [0.1, 0.15) is 23.8 Å². The van der Waals surface area contributed by atoms with Crippen LogP contribution in [0.2, 0.25) is 0 Å². The van der Waals surface area contributed by atoms with Crippen LogP contribution in [0.4, 0.5) is 10.2 Å². The van der Waals surface area contributed by atoms with Gasteiger partial charge in [-0.25, -0.2) is 4.98 Å². The van der Waals surface area contributed by atoms with Crippen LogP contribution in [0.15, 0.2) is 36.3 Å². The summed E-state index contributed by atoms with van der Waals surface area (Å²) in [6, 6.07) is 7.83. The molecule has 1 aliphatic rings. The first kappa shape index (κ1) is 19.8. The summed E-state index contributed by atoms with van der Waals surface area (Å²) in [5.41, 5.74) is 7.47. The quantitative estimate of drug-likeness (QED) is 0.387. The molecule has 3 heterocycles. The van der Waals surface area contributed by atoms with Crippen molar-refractivity contribution >= 4 is 39.6 Å². The molecule has 0 aliphatic carbocycles. The molecule has 152 valence electrons. The van der Waals surface area contributed by atoms with Gasteiger partial charge in [-0.05, 0) is 47.6 Å². The van der Waals surface area contributed by atoms with Crippen LogP contribution in [0.3, 0.4) is 0 Å². The number of halogens is 2. The summed E-state index contributed by atoms with van der Waals surface area (Å²) in [7, 11) is 0. The zero-order valence-electron chi connectivity index (χ0n) is 15.5. The zero-order valence-corrected chi connectivity index (χ0v) is 17.7. The smallest absolute Gasteiger partial charge is 0.312 e. The van der Waals surface area contributed by atoms with E-state index in [1.165, 1.54) is 0 Å². The highest BCUT2D eigenvalue weighted by molar-refractivity contribution is 14.1. The Labute approximate surface area is 179 Å². The fourth-order valence-electron chi connectivity index (χ4n) is 3.30.